The molecule has 0 aliphatic carbocycles. The van der Waals surface area contributed by atoms with Crippen molar-refractivity contribution in [2.24, 2.45) is 0 Å². The van der Waals surface area contributed by atoms with Crippen LogP contribution in [0.3, 0.4) is 0 Å². The molecule has 0 saturated carbocycles. The number of carbonyl (C=O) groups is 1. The number of ether oxygens (including phenoxy) is 1. The van der Waals surface area contributed by atoms with E-state index in [-0.39, 0.29) is 14.4 Å². The fourth-order valence-corrected chi connectivity index (χ4v) is 6.51. The number of thioether (sulfide) groups is 1. The van der Waals surface area contributed by atoms with Gasteiger partial charge in [-0.25, -0.2) is 8.42 Å². The molecule has 1 heterocycles. The molecule has 0 radical (unpaired) electrons. The molecule has 0 aromatic heterocycles. The third-order valence-electron chi connectivity index (χ3n) is 3.88. The Morgan fingerprint density at radius 3 is 2.33 bits per heavy atom. The van der Waals surface area contributed by atoms with Gasteiger partial charge in [0.15, 0.2) is 0 Å². The number of methoxy groups -OCH3 is 1. The molecule has 0 fully saturated rings. The first kappa shape index (κ1) is 19.9. The van der Waals surface area contributed by atoms with Gasteiger partial charge in [-0.15, -0.1) is 0 Å². The Morgan fingerprint density at radius 2 is 1.74 bits per heavy atom. The standard InChI is InChI=1S/C18H17BrN2O4S2/c1-25-18(27(23,24)14-10-6-3-7-11-14)21-16(19)15(26-18)17(22)20-12-13-8-4-2-5-9-13/h2-11,21H,12H2,1H3,(H,20,22). The Hall–Kier alpha value is -1.81. The number of hydrogen-bond acceptors (Lipinski definition) is 6. The fraction of sp³-hybridized carbons (Fsp3) is 0.167. The van der Waals surface area contributed by atoms with Crippen LogP contribution in [-0.4, -0.2) is 25.8 Å². The SMILES string of the molecule is COC1(S(=O)(=O)c2ccccc2)NC(Br)=C(C(=O)NCc2ccccc2)S1. The molecular formula is C18H17BrN2O4S2. The molecule has 1 amide bonds. The lowest BCUT2D eigenvalue weighted by Crippen LogP contribution is -2.46. The van der Waals surface area contributed by atoms with Crippen LogP contribution in [0, 0.1) is 0 Å². The molecule has 0 bridgehead atoms. The summed E-state index contributed by atoms with van der Waals surface area (Å²) in [5.74, 6) is -0.398. The van der Waals surface area contributed by atoms with Gasteiger partial charge >= 0.3 is 4.39 Å². The van der Waals surface area contributed by atoms with Crippen molar-refractivity contribution in [1.82, 2.24) is 10.6 Å². The minimum absolute atomic E-state index is 0.0955. The maximum absolute atomic E-state index is 13.1. The predicted octanol–water partition coefficient (Wildman–Crippen LogP) is 2.93. The molecule has 2 aromatic rings. The predicted molar refractivity (Wildman–Crippen MR) is 108 cm³/mol. The van der Waals surface area contributed by atoms with Crippen LogP contribution in [-0.2, 0) is 25.9 Å². The van der Waals surface area contributed by atoms with Gasteiger partial charge in [-0.1, -0.05) is 48.5 Å². The van der Waals surface area contributed by atoms with E-state index in [1.54, 1.807) is 18.2 Å². The molecule has 2 aromatic carbocycles. The van der Waals surface area contributed by atoms with E-state index in [1.807, 2.05) is 30.3 Å². The smallest absolute Gasteiger partial charge is 0.302 e. The van der Waals surface area contributed by atoms with Gasteiger partial charge in [-0.3, -0.25) is 4.79 Å². The summed E-state index contributed by atoms with van der Waals surface area (Å²) in [6.07, 6.45) is 0. The van der Waals surface area contributed by atoms with Crippen LogP contribution in [0.1, 0.15) is 5.56 Å². The molecule has 0 spiro atoms. The Morgan fingerprint density at radius 1 is 1.15 bits per heavy atom. The number of rotatable bonds is 6. The summed E-state index contributed by atoms with van der Waals surface area (Å²) in [5.41, 5.74) is 0.938. The van der Waals surface area contributed by atoms with Crippen LogP contribution in [0.15, 0.2) is 75.1 Å². The van der Waals surface area contributed by atoms with Crippen LogP contribution < -0.4 is 10.6 Å². The fourth-order valence-electron chi connectivity index (χ4n) is 2.48. The zero-order chi connectivity index (χ0) is 19.5. The van der Waals surface area contributed by atoms with Gasteiger partial charge in [0, 0.05) is 13.7 Å². The monoisotopic (exact) mass is 468 g/mol. The number of sulfone groups is 1. The Balaban J connectivity index is 1.80. The minimum Gasteiger partial charge on any atom is -0.347 e. The molecule has 1 aliphatic rings. The summed E-state index contributed by atoms with van der Waals surface area (Å²) in [4.78, 5) is 12.9. The van der Waals surface area contributed by atoms with E-state index in [0.29, 0.717) is 6.54 Å². The summed E-state index contributed by atoms with van der Waals surface area (Å²) >= 11 is 4.07. The summed E-state index contributed by atoms with van der Waals surface area (Å²) in [6, 6.07) is 17.4. The molecule has 1 atom stereocenters. The van der Waals surface area contributed by atoms with Crippen molar-refractivity contribution in [2.45, 2.75) is 15.8 Å². The van der Waals surface area contributed by atoms with Crippen molar-refractivity contribution < 1.29 is 17.9 Å². The quantitative estimate of drug-likeness (QED) is 0.633. The normalized spacial score (nSPS) is 19.6. The van der Waals surface area contributed by atoms with Gasteiger partial charge in [0.05, 0.1) is 4.90 Å². The van der Waals surface area contributed by atoms with Crippen LogP contribution in [0.4, 0.5) is 0 Å². The van der Waals surface area contributed by atoms with E-state index < -0.39 is 20.1 Å². The number of benzene rings is 2. The third-order valence-corrected chi connectivity index (χ3v) is 8.64. The lowest BCUT2D eigenvalue weighted by Gasteiger charge is -2.27. The first-order chi connectivity index (χ1) is 12.9. The zero-order valence-corrected chi connectivity index (χ0v) is 17.5. The lowest BCUT2D eigenvalue weighted by atomic mass is 10.2. The first-order valence-electron chi connectivity index (χ1n) is 7.93. The summed E-state index contributed by atoms with van der Waals surface area (Å²) in [6.45, 7) is 0.329. The number of nitrogens with one attached hydrogen (secondary N) is 2. The third kappa shape index (κ3) is 3.91. The second kappa shape index (κ2) is 8.05. The molecule has 1 unspecified atom stereocenters. The van der Waals surface area contributed by atoms with Gasteiger partial charge in [0.2, 0.25) is 9.84 Å². The average Bonchev–Trinajstić information content (AvgIpc) is 3.06. The number of halogens is 1. The summed E-state index contributed by atoms with van der Waals surface area (Å²) in [5, 5.41) is 5.56. The van der Waals surface area contributed by atoms with Crippen molar-refractivity contribution in [3.63, 3.8) is 0 Å². The van der Waals surface area contributed by atoms with Crippen molar-refractivity contribution >= 4 is 43.4 Å². The van der Waals surface area contributed by atoms with E-state index in [1.165, 1.54) is 19.2 Å². The van der Waals surface area contributed by atoms with Gasteiger partial charge in [-0.05, 0) is 45.4 Å². The highest BCUT2D eigenvalue weighted by atomic mass is 79.9. The largest absolute Gasteiger partial charge is 0.347 e. The van der Waals surface area contributed by atoms with Gasteiger partial charge < -0.3 is 15.4 Å². The van der Waals surface area contributed by atoms with Crippen molar-refractivity contribution in [3.8, 4) is 0 Å². The molecule has 27 heavy (non-hydrogen) atoms. The maximum Gasteiger partial charge on any atom is 0.302 e. The van der Waals surface area contributed by atoms with Crippen LogP contribution in [0.2, 0.25) is 0 Å². The maximum atomic E-state index is 13.1. The van der Waals surface area contributed by atoms with Crippen molar-refractivity contribution in [3.05, 3.63) is 75.7 Å². The topological polar surface area (TPSA) is 84.5 Å². The summed E-state index contributed by atoms with van der Waals surface area (Å²) < 4.78 is 30.0. The molecule has 3 rings (SSSR count). The Bertz CT molecular complexity index is 965. The molecule has 1 aliphatic heterocycles. The van der Waals surface area contributed by atoms with Crippen LogP contribution >= 0.6 is 27.7 Å². The van der Waals surface area contributed by atoms with Crippen molar-refractivity contribution in [2.75, 3.05) is 7.11 Å². The highest BCUT2D eigenvalue weighted by Crippen LogP contribution is 2.46. The number of carbonyl (C=O) groups excluding carboxylic acids is 1. The molecule has 142 valence electrons. The van der Waals surface area contributed by atoms with Crippen LogP contribution in [0.5, 0.6) is 0 Å². The average molecular weight is 469 g/mol. The highest BCUT2D eigenvalue weighted by Gasteiger charge is 2.53. The molecule has 2 N–H and O–H groups in total. The highest BCUT2D eigenvalue weighted by molar-refractivity contribution is 9.11. The molecule has 9 heteroatoms. The zero-order valence-electron chi connectivity index (χ0n) is 14.3. The Labute approximate surface area is 170 Å². The van der Waals surface area contributed by atoms with Crippen LogP contribution in [0.25, 0.3) is 0 Å². The Kier molecular flexibility index (Phi) is 5.95. The van der Waals surface area contributed by atoms with E-state index in [9.17, 15) is 13.2 Å². The molecule has 6 nitrogen and oxygen atoms in total. The second-order valence-corrected chi connectivity index (χ2v) is 9.91. The summed E-state index contributed by atoms with van der Waals surface area (Å²) in [7, 11) is -2.66. The molecule has 0 saturated heterocycles. The van der Waals surface area contributed by atoms with Gasteiger partial charge in [0.1, 0.15) is 9.51 Å². The second-order valence-electron chi connectivity index (χ2n) is 5.62. The van der Waals surface area contributed by atoms with E-state index >= 15 is 0 Å². The first-order valence-corrected chi connectivity index (χ1v) is 11.0. The van der Waals surface area contributed by atoms with E-state index in [4.69, 9.17) is 4.74 Å². The number of hydrogen-bond donors (Lipinski definition) is 2. The lowest BCUT2D eigenvalue weighted by molar-refractivity contribution is -0.117. The van der Waals surface area contributed by atoms with Gasteiger partial charge in [0.25, 0.3) is 5.91 Å². The van der Waals surface area contributed by atoms with E-state index in [2.05, 4.69) is 26.6 Å². The van der Waals surface area contributed by atoms with Crippen molar-refractivity contribution in [1.29, 1.82) is 0 Å². The van der Waals surface area contributed by atoms with Gasteiger partial charge in [-0.2, -0.15) is 0 Å². The number of amides is 1. The van der Waals surface area contributed by atoms with E-state index in [0.717, 1.165) is 17.3 Å². The molecular weight excluding hydrogens is 452 g/mol. The minimum atomic E-state index is -3.94.